The number of halogens is 1. The molecule has 3 N–H and O–H groups in total. The Balaban J connectivity index is 2.07. The van der Waals surface area contributed by atoms with Gasteiger partial charge in [0.05, 0.1) is 6.54 Å². The molecule has 0 aromatic heterocycles. The number of hydrogen-bond acceptors (Lipinski definition) is 2. The predicted molar refractivity (Wildman–Crippen MR) is 48.4 cm³/mol. The molecule has 0 radical (unpaired) electrons. The number of carbonyl (C=O) groups excluding carboxylic acids is 1. The Bertz CT molecular complexity index is 182. The molecule has 0 saturated carbocycles. The number of alkyl halides is 1. The Hall–Kier alpha value is -0.840. The second-order valence-corrected chi connectivity index (χ2v) is 3.36. The summed E-state index contributed by atoms with van der Waals surface area (Å²) < 4.78 is 13.3. The molecule has 0 aromatic rings. The lowest BCUT2D eigenvalue weighted by molar-refractivity contribution is 0.0919. The first-order valence-electron chi connectivity index (χ1n) is 4.58. The molecule has 0 aliphatic carbocycles. The molecule has 0 aromatic carbocycles. The molecule has 4 nitrogen and oxygen atoms in total. The van der Waals surface area contributed by atoms with Gasteiger partial charge < -0.3 is 16.0 Å². The Labute approximate surface area is 77.3 Å². The third kappa shape index (κ3) is 3.18. The van der Waals surface area contributed by atoms with Crippen molar-refractivity contribution in [3.8, 4) is 0 Å². The summed E-state index contributed by atoms with van der Waals surface area (Å²) in [6.45, 7) is 3.35. The second kappa shape index (κ2) is 4.41. The summed E-state index contributed by atoms with van der Waals surface area (Å²) in [7, 11) is 0. The number of urea groups is 1. The third-order valence-corrected chi connectivity index (χ3v) is 1.98. The van der Waals surface area contributed by atoms with Crippen molar-refractivity contribution in [2.75, 3.05) is 26.2 Å². The van der Waals surface area contributed by atoms with Crippen LogP contribution in [0, 0.1) is 0 Å². The first-order valence-corrected chi connectivity index (χ1v) is 4.58. The number of hydrogen-bond donors (Lipinski definition) is 3. The van der Waals surface area contributed by atoms with Crippen LogP contribution in [-0.2, 0) is 0 Å². The molecule has 1 fully saturated rings. The summed E-state index contributed by atoms with van der Waals surface area (Å²) in [6.07, 6.45) is 0.885. The zero-order valence-electron chi connectivity index (χ0n) is 7.82. The summed E-state index contributed by atoms with van der Waals surface area (Å²) in [4.78, 5) is 11.0. The second-order valence-electron chi connectivity index (χ2n) is 3.36. The lowest BCUT2D eigenvalue weighted by Gasteiger charge is -2.34. The number of carbonyl (C=O) groups is 1. The highest BCUT2D eigenvalue weighted by atomic mass is 19.1. The van der Waals surface area contributed by atoms with Gasteiger partial charge in [0.25, 0.3) is 0 Å². The maximum absolute atomic E-state index is 13.3. The zero-order valence-corrected chi connectivity index (χ0v) is 7.82. The molecule has 5 heteroatoms. The minimum Gasteiger partial charge on any atom is -0.338 e. The molecular weight excluding hydrogens is 173 g/mol. The minimum absolute atomic E-state index is 0.0928. The Morgan fingerprint density at radius 2 is 2.23 bits per heavy atom. The SMILES string of the molecule is CCCNC(=O)NCC1(F)CNC1. The van der Waals surface area contributed by atoms with E-state index < -0.39 is 5.67 Å². The van der Waals surface area contributed by atoms with Gasteiger partial charge in [0.1, 0.15) is 0 Å². The fourth-order valence-corrected chi connectivity index (χ4v) is 1.06. The summed E-state index contributed by atoms with van der Waals surface area (Å²) >= 11 is 0. The maximum atomic E-state index is 13.3. The van der Waals surface area contributed by atoms with Crippen LogP contribution in [0.5, 0.6) is 0 Å². The Morgan fingerprint density at radius 3 is 2.69 bits per heavy atom. The van der Waals surface area contributed by atoms with Gasteiger partial charge in [0, 0.05) is 19.6 Å². The van der Waals surface area contributed by atoms with E-state index in [1.165, 1.54) is 0 Å². The predicted octanol–water partition coefficient (Wildman–Crippen LogP) is 0.00710. The molecule has 1 rings (SSSR count). The van der Waals surface area contributed by atoms with Crippen molar-refractivity contribution in [3.05, 3.63) is 0 Å². The quantitative estimate of drug-likeness (QED) is 0.583. The molecule has 13 heavy (non-hydrogen) atoms. The van der Waals surface area contributed by atoms with Crippen LogP contribution in [0.4, 0.5) is 9.18 Å². The van der Waals surface area contributed by atoms with E-state index in [0.29, 0.717) is 19.6 Å². The largest absolute Gasteiger partial charge is 0.338 e. The van der Waals surface area contributed by atoms with Gasteiger partial charge in [0.2, 0.25) is 0 Å². The maximum Gasteiger partial charge on any atom is 0.314 e. The third-order valence-electron chi connectivity index (χ3n) is 1.98. The standard InChI is InChI=1S/C8H16FN3O/c1-2-3-11-7(13)12-6-8(9)4-10-5-8/h10H,2-6H2,1H3,(H2,11,12,13). The van der Waals surface area contributed by atoms with Crippen LogP contribution in [0.2, 0.25) is 0 Å². The number of amides is 2. The van der Waals surface area contributed by atoms with Crippen LogP contribution < -0.4 is 16.0 Å². The molecule has 0 atom stereocenters. The fourth-order valence-electron chi connectivity index (χ4n) is 1.06. The molecule has 1 heterocycles. The van der Waals surface area contributed by atoms with E-state index in [1.807, 2.05) is 6.92 Å². The van der Waals surface area contributed by atoms with Crippen molar-refractivity contribution < 1.29 is 9.18 Å². The van der Waals surface area contributed by atoms with Crippen LogP contribution in [0.1, 0.15) is 13.3 Å². The molecule has 0 unspecified atom stereocenters. The highest BCUT2D eigenvalue weighted by Gasteiger charge is 2.36. The highest BCUT2D eigenvalue weighted by molar-refractivity contribution is 5.73. The first-order chi connectivity index (χ1) is 6.16. The van der Waals surface area contributed by atoms with E-state index in [9.17, 15) is 9.18 Å². The van der Waals surface area contributed by atoms with Gasteiger partial charge in [-0.2, -0.15) is 0 Å². The van der Waals surface area contributed by atoms with E-state index in [1.54, 1.807) is 0 Å². The van der Waals surface area contributed by atoms with Crippen LogP contribution in [0.3, 0.4) is 0 Å². The lowest BCUT2D eigenvalue weighted by atomic mass is 10.00. The molecule has 0 spiro atoms. The smallest absolute Gasteiger partial charge is 0.314 e. The first kappa shape index (κ1) is 10.2. The van der Waals surface area contributed by atoms with Crippen LogP contribution in [0.15, 0.2) is 0 Å². The molecule has 1 aliphatic heterocycles. The van der Waals surface area contributed by atoms with Gasteiger partial charge in [-0.15, -0.1) is 0 Å². The fraction of sp³-hybridized carbons (Fsp3) is 0.875. The normalized spacial score (nSPS) is 18.9. The Kier molecular flexibility index (Phi) is 3.48. The van der Waals surface area contributed by atoms with Gasteiger partial charge in [-0.1, -0.05) is 6.92 Å². The van der Waals surface area contributed by atoms with Crippen molar-refractivity contribution in [3.63, 3.8) is 0 Å². The summed E-state index contributed by atoms with van der Waals surface area (Å²) in [5.41, 5.74) is -1.23. The molecule has 0 bridgehead atoms. The average Bonchev–Trinajstić information content (AvgIpc) is 2.08. The van der Waals surface area contributed by atoms with E-state index in [2.05, 4.69) is 16.0 Å². The van der Waals surface area contributed by atoms with Crippen molar-refractivity contribution in [1.29, 1.82) is 0 Å². The van der Waals surface area contributed by atoms with Gasteiger partial charge >= 0.3 is 6.03 Å². The number of rotatable bonds is 4. The number of nitrogens with one attached hydrogen (secondary N) is 3. The van der Waals surface area contributed by atoms with Crippen molar-refractivity contribution in [1.82, 2.24) is 16.0 Å². The van der Waals surface area contributed by atoms with Gasteiger partial charge in [-0.05, 0) is 6.42 Å². The summed E-state index contributed by atoms with van der Waals surface area (Å²) in [5.74, 6) is 0. The topological polar surface area (TPSA) is 53.2 Å². The van der Waals surface area contributed by atoms with Crippen molar-refractivity contribution >= 4 is 6.03 Å². The van der Waals surface area contributed by atoms with Gasteiger partial charge in [-0.25, -0.2) is 9.18 Å². The summed E-state index contributed by atoms with van der Waals surface area (Å²) in [6, 6.07) is -0.286. The van der Waals surface area contributed by atoms with Crippen molar-refractivity contribution in [2.24, 2.45) is 0 Å². The monoisotopic (exact) mass is 189 g/mol. The molecule has 2 amide bonds. The van der Waals surface area contributed by atoms with Crippen molar-refractivity contribution in [2.45, 2.75) is 19.0 Å². The summed E-state index contributed by atoms with van der Waals surface area (Å²) in [5, 5.41) is 7.93. The lowest BCUT2D eigenvalue weighted by Crippen LogP contribution is -2.62. The van der Waals surface area contributed by atoms with Gasteiger partial charge in [-0.3, -0.25) is 0 Å². The van der Waals surface area contributed by atoms with Crippen LogP contribution >= 0.6 is 0 Å². The highest BCUT2D eigenvalue weighted by Crippen LogP contribution is 2.14. The average molecular weight is 189 g/mol. The molecule has 1 saturated heterocycles. The minimum atomic E-state index is -1.23. The van der Waals surface area contributed by atoms with E-state index >= 15 is 0 Å². The van der Waals surface area contributed by atoms with Crippen LogP contribution in [0.25, 0.3) is 0 Å². The van der Waals surface area contributed by atoms with Gasteiger partial charge in [0.15, 0.2) is 5.67 Å². The van der Waals surface area contributed by atoms with E-state index in [4.69, 9.17) is 0 Å². The van der Waals surface area contributed by atoms with E-state index in [0.717, 1.165) is 6.42 Å². The molecular formula is C8H16FN3O. The van der Waals surface area contributed by atoms with Crippen LogP contribution in [-0.4, -0.2) is 37.9 Å². The zero-order chi connectivity index (χ0) is 9.73. The van der Waals surface area contributed by atoms with E-state index in [-0.39, 0.29) is 12.6 Å². The Morgan fingerprint density at radius 1 is 1.54 bits per heavy atom. The molecule has 76 valence electrons. The molecule has 1 aliphatic rings.